The van der Waals surface area contributed by atoms with Crippen molar-refractivity contribution in [1.29, 1.82) is 0 Å². The summed E-state index contributed by atoms with van der Waals surface area (Å²) in [5.41, 5.74) is 2.94. The molecule has 0 bridgehead atoms. The Morgan fingerprint density at radius 3 is 2.60 bits per heavy atom. The van der Waals surface area contributed by atoms with E-state index < -0.39 is 11.9 Å². The zero-order chi connectivity index (χ0) is 17.8. The van der Waals surface area contributed by atoms with Crippen LogP contribution in [-0.2, 0) is 29.0 Å². The lowest BCUT2D eigenvalue weighted by Gasteiger charge is -2.24. The van der Waals surface area contributed by atoms with E-state index in [0.717, 1.165) is 16.7 Å². The van der Waals surface area contributed by atoms with Gasteiger partial charge in [-0.15, -0.1) is 0 Å². The minimum absolute atomic E-state index is 0.131. The van der Waals surface area contributed by atoms with E-state index in [4.69, 9.17) is 5.11 Å². The molecule has 0 saturated carbocycles. The van der Waals surface area contributed by atoms with Gasteiger partial charge in [-0.25, -0.2) is 0 Å². The summed E-state index contributed by atoms with van der Waals surface area (Å²) in [6.45, 7) is 0.916. The van der Waals surface area contributed by atoms with Gasteiger partial charge in [0.1, 0.15) is 5.75 Å². The molecule has 1 heterocycles. The summed E-state index contributed by atoms with van der Waals surface area (Å²) in [5.74, 6) is -1.51. The molecule has 1 aliphatic rings. The van der Waals surface area contributed by atoms with Crippen LogP contribution in [0.25, 0.3) is 0 Å². The van der Waals surface area contributed by atoms with Crippen LogP contribution in [0.4, 0.5) is 0 Å². The van der Waals surface area contributed by atoms with E-state index in [-0.39, 0.29) is 18.1 Å². The van der Waals surface area contributed by atoms with Crippen LogP contribution < -0.4 is 0 Å². The van der Waals surface area contributed by atoms with Gasteiger partial charge >= 0.3 is 5.97 Å². The molecule has 5 heteroatoms. The number of phenolic OH excluding ortho intramolecular Hbond substituents is 1. The zero-order valence-electron chi connectivity index (χ0n) is 13.9. The van der Waals surface area contributed by atoms with Gasteiger partial charge in [0.2, 0.25) is 5.91 Å². The van der Waals surface area contributed by atoms with Crippen LogP contribution in [0.2, 0.25) is 0 Å². The maximum absolute atomic E-state index is 12.9. The van der Waals surface area contributed by atoms with Gasteiger partial charge in [-0.2, -0.15) is 0 Å². The number of aromatic hydroxyl groups is 1. The predicted octanol–water partition coefficient (Wildman–Crippen LogP) is 2.61. The monoisotopic (exact) mass is 339 g/mol. The molecular formula is C20H21NO4. The second-order valence-electron chi connectivity index (χ2n) is 6.45. The average Bonchev–Trinajstić information content (AvgIpc) is 2.71. The fourth-order valence-corrected chi connectivity index (χ4v) is 3.32. The maximum Gasteiger partial charge on any atom is 0.304 e. The van der Waals surface area contributed by atoms with Gasteiger partial charge in [0, 0.05) is 13.1 Å². The first kappa shape index (κ1) is 17.0. The van der Waals surface area contributed by atoms with E-state index in [1.54, 1.807) is 23.1 Å². The van der Waals surface area contributed by atoms with Crippen molar-refractivity contribution < 1.29 is 19.8 Å². The normalized spacial score (nSPS) is 17.0. The minimum Gasteiger partial charge on any atom is -0.508 e. The van der Waals surface area contributed by atoms with E-state index in [9.17, 15) is 14.7 Å². The number of hydrogen-bond acceptors (Lipinski definition) is 3. The lowest BCUT2D eigenvalue weighted by molar-refractivity contribution is -0.144. The zero-order valence-corrected chi connectivity index (χ0v) is 13.9. The third-order valence-electron chi connectivity index (χ3n) is 4.61. The van der Waals surface area contributed by atoms with Gasteiger partial charge in [-0.3, -0.25) is 9.59 Å². The van der Waals surface area contributed by atoms with Crippen LogP contribution >= 0.6 is 0 Å². The molecule has 1 unspecified atom stereocenters. The summed E-state index contributed by atoms with van der Waals surface area (Å²) in [5, 5.41) is 18.9. The number of carboxylic acids is 1. The molecule has 25 heavy (non-hydrogen) atoms. The van der Waals surface area contributed by atoms with Gasteiger partial charge in [0.05, 0.1) is 12.3 Å². The van der Waals surface area contributed by atoms with Crippen molar-refractivity contribution in [3.05, 3.63) is 65.2 Å². The molecule has 5 nitrogen and oxygen atoms in total. The summed E-state index contributed by atoms with van der Waals surface area (Å²) < 4.78 is 0. The first-order chi connectivity index (χ1) is 12.0. The lowest BCUT2D eigenvalue weighted by Crippen LogP contribution is -2.37. The summed E-state index contributed by atoms with van der Waals surface area (Å²) >= 11 is 0. The summed E-state index contributed by atoms with van der Waals surface area (Å²) in [6.07, 6.45) is 0.921. The Balaban J connectivity index is 1.84. The third-order valence-corrected chi connectivity index (χ3v) is 4.61. The third kappa shape index (κ3) is 4.18. The Kier molecular flexibility index (Phi) is 5.03. The van der Waals surface area contributed by atoms with Crippen molar-refractivity contribution in [2.45, 2.75) is 25.8 Å². The molecule has 0 spiro atoms. The first-order valence-electron chi connectivity index (χ1n) is 8.38. The number of rotatable bonds is 5. The number of aliphatic carboxylic acids is 1. The summed E-state index contributed by atoms with van der Waals surface area (Å²) in [4.78, 5) is 25.7. The summed E-state index contributed by atoms with van der Waals surface area (Å²) in [6, 6.07) is 14.9. The molecule has 1 amide bonds. The Bertz CT molecular complexity index is 773. The molecule has 130 valence electrons. The fraction of sp³-hybridized carbons (Fsp3) is 0.300. The van der Waals surface area contributed by atoms with Crippen molar-refractivity contribution in [2.75, 3.05) is 6.54 Å². The molecule has 0 aliphatic carbocycles. The van der Waals surface area contributed by atoms with Crippen LogP contribution in [0.5, 0.6) is 5.75 Å². The van der Waals surface area contributed by atoms with Gasteiger partial charge in [0.15, 0.2) is 0 Å². The molecule has 0 saturated heterocycles. The van der Waals surface area contributed by atoms with Crippen molar-refractivity contribution in [3.63, 3.8) is 0 Å². The van der Waals surface area contributed by atoms with Crippen LogP contribution in [0.3, 0.4) is 0 Å². The highest BCUT2D eigenvalue weighted by Crippen LogP contribution is 2.27. The van der Waals surface area contributed by atoms with Gasteiger partial charge < -0.3 is 15.1 Å². The van der Waals surface area contributed by atoms with Crippen LogP contribution in [-0.4, -0.2) is 33.5 Å². The fourth-order valence-electron chi connectivity index (χ4n) is 3.32. The van der Waals surface area contributed by atoms with E-state index >= 15 is 0 Å². The molecule has 2 N–H and O–H groups in total. The Labute approximate surface area is 146 Å². The highest BCUT2D eigenvalue weighted by molar-refractivity contribution is 5.84. The van der Waals surface area contributed by atoms with Gasteiger partial charge in [0.25, 0.3) is 0 Å². The number of carboxylic acid groups (broad SMARTS) is 1. The van der Waals surface area contributed by atoms with E-state index in [1.165, 1.54) is 0 Å². The highest BCUT2D eigenvalue weighted by Gasteiger charge is 2.31. The lowest BCUT2D eigenvalue weighted by atomic mass is 9.94. The van der Waals surface area contributed by atoms with Gasteiger partial charge in [-0.05, 0) is 41.7 Å². The van der Waals surface area contributed by atoms with Crippen molar-refractivity contribution in [3.8, 4) is 5.75 Å². The number of hydrogen-bond donors (Lipinski definition) is 2. The molecular weight excluding hydrogens is 318 g/mol. The standard InChI is InChI=1S/C20H21NO4/c22-18-7-6-15-10-16(12-19(23)24)20(25)21(13-17(15)11-18)9-8-14-4-2-1-3-5-14/h1-7,11,16,22H,8-10,12-13H2,(H,23,24). The van der Waals surface area contributed by atoms with Crippen molar-refractivity contribution in [2.24, 2.45) is 5.92 Å². The predicted molar refractivity (Wildman–Crippen MR) is 93.1 cm³/mol. The maximum atomic E-state index is 12.9. The average molecular weight is 339 g/mol. The molecule has 1 atom stereocenters. The smallest absolute Gasteiger partial charge is 0.304 e. The Morgan fingerprint density at radius 2 is 1.88 bits per heavy atom. The van der Waals surface area contributed by atoms with Crippen LogP contribution in [0.15, 0.2) is 48.5 Å². The highest BCUT2D eigenvalue weighted by atomic mass is 16.4. The largest absolute Gasteiger partial charge is 0.508 e. The Hall–Kier alpha value is -2.82. The second-order valence-corrected chi connectivity index (χ2v) is 6.45. The van der Waals surface area contributed by atoms with E-state index in [0.29, 0.717) is 25.9 Å². The van der Waals surface area contributed by atoms with E-state index in [1.807, 2.05) is 30.3 Å². The van der Waals surface area contributed by atoms with Crippen molar-refractivity contribution in [1.82, 2.24) is 4.90 Å². The number of benzene rings is 2. The SMILES string of the molecule is O=C(O)CC1Cc2ccc(O)cc2CN(CCc2ccccc2)C1=O. The number of carbonyl (C=O) groups is 2. The quantitative estimate of drug-likeness (QED) is 0.878. The number of phenols is 1. The molecule has 2 aromatic carbocycles. The molecule has 1 aliphatic heterocycles. The molecule has 0 fully saturated rings. The van der Waals surface area contributed by atoms with Crippen molar-refractivity contribution >= 4 is 11.9 Å². The number of fused-ring (bicyclic) bond motifs is 1. The second kappa shape index (κ2) is 7.38. The first-order valence-corrected chi connectivity index (χ1v) is 8.38. The molecule has 2 aromatic rings. The van der Waals surface area contributed by atoms with E-state index in [2.05, 4.69) is 0 Å². The number of amides is 1. The topological polar surface area (TPSA) is 77.8 Å². The van der Waals surface area contributed by atoms with Gasteiger partial charge in [-0.1, -0.05) is 36.4 Å². The number of nitrogens with zero attached hydrogens (tertiary/aromatic N) is 1. The molecule has 3 rings (SSSR count). The summed E-state index contributed by atoms with van der Waals surface area (Å²) in [7, 11) is 0. The van der Waals surface area contributed by atoms with Crippen LogP contribution in [0.1, 0.15) is 23.1 Å². The van der Waals surface area contributed by atoms with Crippen LogP contribution in [0, 0.1) is 5.92 Å². The minimum atomic E-state index is -0.969. The Morgan fingerprint density at radius 1 is 1.12 bits per heavy atom. The number of carbonyl (C=O) groups excluding carboxylic acids is 1. The molecule has 0 radical (unpaired) electrons. The molecule has 0 aromatic heterocycles.